The number of aromatic nitrogens is 5. The molecule has 4 rings (SSSR count). The van der Waals surface area contributed by atoms with Crippen LogP contribution in [0.2, 0.25) is 0 Å². The molecule has 0 saturated carbocycles. The van der Waals surface area contributed by atoms with Gasteiger partial charge in [-0.2, -0.15) is 0 Å². The smallest absolute Gasteiger partial charge is 0.261 e. The van der Waals surface area contributed by atoms with E-state index in [1.165, 1.54) is 6.33 Å². The second-order valence-electron chi connectivity index (χ2n) is 7.15. The number of hydrogen-bond donors (Lipinski definition) is 1. The third-order valence-electron chi connectivity index (χ3n) is 4.85. The van der Waals surface area contributed by atoms with Gasteiger partial charge in [-0.1, -0.05) is 35.9 Å². The van der Waals surface area contributed by atoms with Crippen LogP contribution >= 0.6 is 0 Å². The molecular weight excluding hydrogens is 392 g/mol. The molecule has 0 aliphatic carbocycles. The molecule has 1 amide bonds. The maximum absolute atomic E-state index is 12.9. The maximum atomic E-state index is 12.9. The van der Waals surface area contributed by atoms with Gasteiger partial charge < -0.3 is 10.1 Å². The molecule has 2 atom stereocenters. The van der Waals surface area contributed by atoms with Crippen LogP contribution in [0.3, 0.4) is 0 Å². The third-order valence-corrected chi connectivity index (χ3v) is 4.85. The quantitative estimate of drug-likeness (QED) is 0.499. The average molecular weight is 414 g/mol. The van der Waals surface area contributed by atoms with Crippen molar-refractivity contribution in [3.63, 3.8) is 0 Å². The summed E-state index contributed by atoms with van der Waals surface area (Å²) in [6.07, 6.45) is 4.29. The molecule has 0 fully saturated rings. The predicted molar refractivity (Wildman–Crippen MR) is 115 cm³/mol. The van der Waals surface area contributed by atoms with Crippen molar-refractivity contribution in [2.45, 2.75) is 26.0 Å². The van der Waals surface area contributed by atoms with E-state index in [2.05, 4.69) is 25.8 Å². The number of amides is 1. The van der Waals surface area contributed by atoms with Gasteiger partial charge in [0.25, 0.3) is 5.91 Å². The molecule has 2 aromatic heterocycles. The number of pyridine rings is 1. The molecule has 0 unspecified atom stereocenters. The average Bonchev–Trinajstić information content (AvgIpc) is 3.34. The number of rotatable bonds is 7. The van der Waals surface area contributed by atoms with Crippen molar-refractivity contribution in [3.8, 4) is 11.4 Å². The summed E-state index contributed by atoms with van der Waals surface area (Å²) in [5.74, 6) is 0.353. The number of carbonyl (C=O) groups is 1. The van der Waals surface area contributed by atoms with Gasteiger partial charge in [0, 0.05) is 12.4 Å². The van der Waals surface area contributed by atoms with Gasteiger partial charge in [0.2, 0.25) is 0 Å². The molecule has 2 aromatic carbocycles. The summed E-state index contributed by atoms with van der Waals surface area (Å²) in [6, 6.07) is 18.7. The fraction of sp³-hybridized carbons (Fsp3) is 0.174. The molecule has 0 spiro atoms. The van der Waals surface area contributed by atoms with Crippen molar-refractivity contribution in [3.05, 3.63) is 96.1 Å². The zero-order valence-electron chi connectivity index (χ0n) is 17.2. The number of nitrogens with zero attached hydrogens (tertiary/aromatic N) is 5. The van der Waals surface area contributed by atoms with Crippen molar-refractivity contribution in [1.29, 1.82) is 0 Å². The number of benzene rings is 2. The Bertz CT molecular complexity index is 1110. The highest BCUT2D eigenvalue weighted by Crippen LogP contribution is 2.23. The number of carbonyl (C=O) groups excluding carboxylic acids is 1. The first-order chi connectivity index (χ1) is 15.1. The molecule has 8 nitrogen and oxygen atoms in total. The molecule has 0 bridgehead atoms. The molecule has 31 heavy (non-hydrogen) atoms. The SMILES string of the molecule is Cc1ccc([C@@H](NC(=O)[C@H](C)Oc2ccc(-n3cnnn3)cc2)c2cccnc2)cc1. The zero-order valence-corrected chi connectivity index (χ0v) is 17.2. The van der Waals surface area contributed by atoms with Gasteiger partial charge in [-0.05, 0) is 65.7 Å². The summed E-state index contributed by atoms with van der Waals surface area (Å²) >= 11 is 0. The van der Waals surface area contributed by atoms with Gasteiger partial charge in [-0.3, -0.25) is 9.78 Å². The van der Waals surface area contributed by atoms with Gasteiger partial charge in [-0.25, -0.2) is 4.68 Å². The first-order valence-electron chi connectivity index (χ1n) is 9.87. The second kappa shape index (κ2) is 9.17. The van der Waals surface area contributed by atoms with Gasteiger partial charge in [0.15, 0.2) is 6.10 Å². The number of hydrogen-bond acceptors (Lipinski definition) is 6. The van der Waals surface area contributed by atoms with Crippen molar-refractivity contribution in [2.75, 3.05) is 0 Å². The number of aryl methyl sites for hydroxylation is 1. The Morgan fingerprint density at radius 1 is 1.03 bits per heavy atom. The molecule has 156 valence electrons. The van der Waals surface area contributed by atoms with E-state index in [0.717, 1.165) is 22.4 Å². The highest BCUT2D eigenvalue weighted by molar-refractivity contribution is 5.81. The molecule has 0 aliphatic heterocycles. The lowest BCUT2D eigenvalue weighted by molar-refractivity contribution is -0.127. The largest absolute Gasteiger partial charge is 0.481 e. The molecule has 0 radical (unpaired) electrons. The van der Waals surface area contributed by atoms with E-state index in [1.54, 1.807) is 36.1 Å². The molecule has 1 N–H and O–H groups in total. The van der Waals surface area contributed by atoms with E-state index in [1.807, 2.05) is 55.5 Å². The van der Waals surface area contributed by atoms with Gasteiger partial charge in [0.05, 0.1) is 11.7 Å². The van der Waals surface area contributed by atoms with E-state index in [9.17, 15) is 4.79 Å². The van der Waals surface area contributed by atoms with E-state index in [0.29, 0.717) is 5.75 Å². The Hall–Kier alpha value is -4.07. The Morgan fingerprint density at radius 2 is 1.81 bits per heavy atom. The molecule has 0 aliphatic rings. The lowest BCUT2D eigenvalue weighted by atomic mass is 9.99. The Morgan fingerprint density at radius 3 is 2.45 bits per heavy atom. The fourth-order valence-corrected chi connectivity index (χ4v) is 3.14. The molecule has 8 heteroatoms. The minimum Gasteiger partial charge on any atom is -0.481 e. The summed E-state index contributed by atoms with van der Waals surface area (Å²) in [4.78, 5) is 17.1. The normalized spacial score (nSPS) is 12.7. The number of ether oxygens (including phenoxy) is 1. The Labute approximate surface area is 179 Å². The minimum atomic E-state index is -0.691. The highest BCUT2D eigenvalue weighted by Gasteiger charge is 2.22. The van der Waals surface area contributed by atoms with Crippen molar-refractivity contribution >= 4 is 5.91 Å². The Balaban J connectivity index is 1.47. The lowest BCUT2D eigenvalue weighted by Crippen LogP contribution is -2.39. The van der Waals surface area contributed by atoms with Crippen LogP contribution < -0.4 is 10.1 Å². The zero-order chi connectivity index (χ0) is 21.6. The molecule has 2 heterocycles. The molecule has 4 aromatic rings. The first-order valence-corrected chi connectivity index (χ1v) is 9.87. The van der Waals surface area contributed by atoms with Crippen LogP contribution in [0.25, 0.3) is 5.69 Å². The van der Waals surface area contributed by atoms with Crippen molar-refractivity contribution < 1.29 is 9.53 Å². The van der Waals surface area contributed by atoms with Crippen LogP contribution in [-0.2, 0) is 4.79 Å². The number of nitrogens with one attached hydrogen (secondary N) is 1. The summed E-state index contributed by atoms with van der Waals surface area (Å²) in [7, 11) is 0. The standard InChI is InChI=1S/C23H22N6O2/c1-16-5-7-18(8-6-16)22(19-4-3-13-24-14-19)26-23(30)17(2)31-21-11-9-20(10-12-21)29-15-25-27-28-29/h3-15,17,22H,1-2H3,(H,26,30)/t17-,22+/m0/s1. The van der Waals surface area contributed by atoms with E-state index in [-0.39, 0.29) is 11.9 Å². The Kier molecular flexibility index (Phi) is 5.98. The fourth-order valence-electron chi connectivity index (χ4n) is 3.14. The summed E-state index contributed by atoms with van der Waals surface area (Å²) < 4.78 is 7.39. The van der Waals surface area contributed by atoms with Crippen LogP contribution in [-0.4, -0.2) is 37.2 Å². The van der Waals surface area contributed by atoms with Crippen molar-refractivity contribution in [2.24, 2.45) is 0 Å². The van der Waals surface area contributed by atoms with E-state index >= 15 is 0 Å². The summed E-state index contributed by atoms with van der Waals surface area (Å²) in [5.41, 5.74) is 3.83. The van der Waals surface area contributed by atoms with Crippen LogP contribution in [0.5, 0.6) is 5.75 Å². The third kappa shape index (κ3) is 4.92. The lowest BCUT2D eigenvalue weighted by Gasteiger charge is -2.22. The van der Waals surface area contributed by atoms with Gasteiger partial charge in [-0.15, -0.1) is 5.10 Å². The predicted octanol–water partition coefficient (Wildman–Crippen LogP) is 3.04. The summed E-state index contributed by atoms with van der Waals surface area (Å²) in [6.45, 7) is 3.75. The minimum absolute atomic E-state index is 0.223. The maximum Gasteiger partial charge on any atom is 0.261 e. The monoisotopic (exact) mass is 414 g/mol. The van der Waals surface area contributed by atoms with E-state index in [4.69, 9.17) is 4.74 Å². The molecular formula is C23H22N6O2. The first kappa shape index (κ1) is 20.2. The van der Waals surface area contributed by atoms with Crippen LogP contribution in [0.15, 0.2) is 79.4 Å². The molecule has 0 saturated heterocycles. The van der Waals surface area contributed by atoms with E-state index < -0.39 is 6.10 Å². The van der Waals surface area contributed by atoms with Gasteiger partial charge >= 0.3 is 0 Å². The van der Waals surface area contributed by atoms with Crippen molar-refractivity contribution in [1.82, 2.24) is 30.5 Å². The van der Waals surface area contributed by atoms with Gasteiger partial charge in [0.1, 0.15) is 12.1 Å². The second-order valence-corrected chi connectivity index (χ2v) is 7.15. The van der Waals surface area contributed by atoms with Crippen LogP contribution in [0.4, 0.5) is 0 Å². The van der Waals surface area contributed by atoms with Crippen LogP contribution in [0, 0.1) is 6.92 Å². The topological polar surface area (TPSA) is 94.8 Å². The summed E-state index contributed by atoms with van der Waals surface area (Å²) in [5, 5.41) is 14.2. The van der Waals surface area contributed by atoms with Crippen LogP contribution in [0.1, 0.15) is 29.7 Å². The number of tetrazole rings is 1. The highest BCUT2D eigenvalue weighted by atomic mass is 16.5.